The van der Waals surface area contributed by atoms with Crippen molar-refractivity contribution in [1.29, 1.82) is 0 Å². The van der Waals surface area contributed by atoms with Crippen LogP contribution in [-0.4, -0.2) is 18.5 Å². The predicted molar refractivity (Wildman–Crippen MR) is 70.2 cm³/mol. The fourth-order valence-electron chi connectivity index (χ4n) is 1.76. The molecule has 1 saturated carbocycles. The Morgan fingerprint density at radius 2 is 2.12 bits per heavy atom. The molecule has 0 saturated heterocycles. The van der Waals surface area contributed by atoms with Crippen molar-refractivity contribution < 1.29 is 4.79 Å². The van der Waals surface area contributed by atoms with Crippen LogP contribution in [0.5, 0.6) is 0 Å². The van der Waals surface area contributed by atoms with E-state index in [0.29, 0.717) is 12.5 Å². The van der Waals surface area contributed by atoms with E-state index in [1.54, 1.807) is 0 Å². The molecule has 2 rings (SSSR count). The molecule has 1 aliphatic rings. The standard InChI is InChI=1S/C14H20N2O/c1-10-3-4-11(2)13(9-10)16-14(17)7-8-15-12-5-6-12/h3-4,9,12,15H,5-8H2,1-2H3,(H,16,17). The summed E-state index contributed by atoms with van der Waals surface area (Å²) in [6, 6.07) is 6.78. The fraction of sp³-hybridized carbons (Fsp3) is 0.500. The second-order valence-electron chi connectivity index (χ2n) is 4.84. The normalized spacial score (nSPS) is 14.7. The summed E-state index contributed by atoms with van der Waals surface area (Å²) in [5.41, 5.74) is 3.21. The van der Waals surface area contributed by atoms with Crippen LogP contribution in [0, 0.1) is 13.8 Å². The molecule has 17 heavy (non-hydrogen) atoms. The van der Waals surface area contributed by atoms with Gasteiger partial charge in [0.05, 0.1) is 0 Å². The Balaban J connectivity index is 1.81. The number of hydrogen-bond acceptors (Lipinski definition) is 2. The maximum absolute atomic E-state index is 11.7. The number of rotatable bonds is 5. The van der Waals surface area contributed by atoms with Crippen molar-refractivity contribution in [2.24, 2.45) is 0 Å². The lowest BCUT2D eigenvalue weighted by molar-refractivity contribution is -0.116. The number of carbonyl (C=O) groups excluding carboxylic acids is 1. The minimum Gasteiger partial charge on any atom is -0.326 e. The highest BCUT2D eigenvalue weighted by molar-refractivity contribution is 5.91. The molecule has 92 valence electrons. The molecule has 2 N–H and O–H groups in total. The number of carbonyl (C=O) groups is 1. The number of hydrogen-bond donors (Lipinski definition) is 2. The predicted octanol–water partition coefficient (Wildman–Crippen LogP) is 2.38. The fourth-order valence-corrected chi connectivity index (χ4v) is 1.76. The van der Waals surface area contributed by atoms with E-state index >= 15 is 0 Å². The molecule has 0 aliphatic heterocycles. The Labute approximate surface area is 103 Å². The van der Waals surface area contributed by atoms with E-state index < -0.39 is 0 Å². The van der Waals surface area contributed by atoms with Crippen LogP contribution in [0.4, 0.5) is 5.69 Å². The largest absolute Gasteiger partial charge is 0.326 e. The van der Waals surface area contributed by atoms with E-state index in [2.05, 4.69) is 16.7 Å². The van der Waals surface area contributed by atoms with E-state index in [-0.39, 0.29) is 5.91 Å². The molecule has 1 fully saturated rings. The van der Waals surface area contributed by atoms with Crippen molar-refractivity contribution in [3.8, 4) is 0 Å². The van der Waals surface area contributed by atoms with E-state index in [1.165, 1.54) is 18.4 Å². The van der Waals surface area contributed by atoms with Crippen molar-refractivity contribution in [3.05, 3.63) is 29.3 Å². The van der Waals surface area contributed by atoms with Crippen LogP contribution in [0.3, 0.4) is 0 Å². The molecule has 1 aromatic carbocycles. The zero-order valence-electron chi connectivity index (χ0n) is 10.5. The van der Waals surface area contributed by atoms with Gasteiger partial charge in [-0.15, -0.1) is 0 Å². The number of nitrogens with one attached hydrogen (secondary N) is 2. The summed E-state index contributed by atoms with van der Waals surface area (Å²) in [7, 11) is 0. The van der Waals surface area contributed by atoms with Crippen LogP contribution in [0.25, 0.3) is 0 Å². The Morgan fingerprint density at radius 1 is 1.35 bits per heavy atom. The van der Waals surface area contributed by atoms with Crippen molar-refractivity contribution in [3.63, 3.8) is 0 Å². The van der Waals surface area contributed by atoms with Crippen molar-refractivity contribution in [2.45, 2.75) is 39.2 Å². The van der Waals surface area contributed by atoms with Gasteiger partial charge in [-0.2, -0.15) is 0 Å². The van der Waals surface area contributed by atoms with Gasteiger partial charge >= 0.3 is 0 Å². The number of benzene rings is 1. The minimum absolute atomic E-state index is 0.0897. The van der Waals surface area contributed by atoms with Gasteiger partial charge in [0.1, 0.15) is 0 Å². The second-order valence-corrected chi connectivity index (χ2v) is 4.84. The second kappa shape index (κ2) is 5.32. The summed E-state index contributed by atoms with van der Waals surface area (Å²) in [6.07, 6.45) is 3.07. The SMILES string of the molecule is Cc1ccc(C)c(NC(=O)CCNC2CC2)c1. The molecule has 0 atom stereocenters. The van der Waals surface area contributed by atoms with Crippen LogP contribution >= 0.6 is 0 Å². The average Bonchev–Trinajstić information content (AvgIpc) is 3.07. The van der Waals surface area contributed by atoms with Gasteiger partial charge in [-0.1, -0.05) is 12.1 Å². The first-order valence-electron chi connectivity index (χ1n) is 6.25. The van der Waals surface area contributed by atoms with Crippen molar-refractivity contribution in [2.75, 3.05) is 11.9 Å². The lowest BCUT2D eigenvalue weighted by atomic mass is 10.1. The van der Waals surface area contributed by atoms with Gasteiger partial charge in [0.15, 0.2) is 0 Å². The maximum Gasteiger partial charge on any atom is 0.225 e. The Kier molecular flexibility index (Phi) is 3.79. The van der Waals surface area contributed by atoms with Crippen LogP contribution in [-0.2, 0) is 4.79 Å². The third-order valence-electron chi connectivity index (χ3n) is 3.03. The monoisotopic (exact) mass is 232 g/mol. The quantitative estimate of drug-likeness (QED) is 0.818. The first kappa shape index (κ1) is 12.1. The van der Waals surface area contributed by atoms with Crippen LogP contribution in [0.15, 0.2) is 18.2 Å². The third kappa shape index (κ3) is 3.86. The van der Waals surface area contributed by atoms with Gasteiger partial charge in [0.25, 0.3) is 0 Å². The lowest BCUT2D eigenvalue weighted by Crippen LogP contribution is -2.23. The van der Waals surface area contributed by atoms with E-state index in [4.69, 9.17) is 0 Å². The molecule has 0 unspecified atom stereocenters. The topological polar surface area (TPSA) is 41.1 Å². The zero-order valence-corrected chi connectivity index (χ0v) is 10.5. The summed E-state index contributed by atoms with van der Waals surface area (Å²) in [5, 5.41) is 6.30. The maximum atomic E-state index is 11.7. The van der Waals surface area contributed by atoms with Gasteiger partial charge in [-0.3, -0.25) is 4.79 Å². The van der Waals surface area contributed by atoms with Gasteiger partial charge in [0, 0.05) is 24.7 Å². The molecule has 1 aliphatic carbocycles. The molecule has 3 nitrogen and oxygen atoms in total. The smallest absolute Gasteiger partial charge is 0.225 e. The molecule has 0 heterocycles. The van der Waals surface area contributed by atoms with Crippen LogP contribution in [0.1, 0.15) is 30.4 Å². The summed E-state index contributed by atoms with van der Waals surface area (Å²) >= 11 is 0. The molecule has 1 aromatic rings. The van der Waals surface area contributed by atoms with Gasteiger partial charge in [-0.25, -0.2) is 0 Å². The Bertz CT molecular complexity index is 411. The molecular weight excluding hydrogens is 212 g/mol. The van der Waals surface area contributed by atoms with Crippen molar-refractivity contribution >= 4 is 11.6 Å². The molecule has 3 heteroatoms. The van der Waals surface area contributed by atoms with Crippen molar-refractivity contribution in [1.82, 2.24) is 5.32 Å². The summed E-state index contributed by atoms with van der Waals surface area (Å²) in [6.45, 7) is 4.82. The molecule has 0 bridgehead atoms. The highest BCUT2D eigenvalue weighted by Gasteiger charge is 2.20. The van der Waals surface area contributed by atoms with E-state index in [0.717, 1.165) is 17.8 Å². The number of amides is 1. The Morgan fingerprint density at radius 3 is 2.82 bits per heavy atom. The summed E-state index contributed by atoms with van der Waals surface area (Å²) in [5.74, 6) is 0.0897. The van der Waals surface area contributed by atoms with E-state index in [1.807, 2.05) is 26.0 Å². The molecule has 0 radical (unpaired) electrons. The van der Waals surface area contributed by atoms with Crippen LogP contribution in [0.2, 0.25) is 0 Å². The lowest BCUT2D eigenvalue weighted by Gasteiger charge is -2.09. The van der Waals surface area contributed by atoms with Gasteiger partial charge < -0.3 is 10.6 Å². The van der Waals surface area contributed by atoms with E-state index in [9.17, 15) is 4.79 Å². The summed E-state index contributed by atoms with van der Waals surface area (Å²) in [4.78, 5) is 11.7. The first-order chi connectivity index (χ1) is 8.15. The van der Waals surface area contributed by atoms with Gasteiger partial charge in [0.2, 0.25) is 5.91 Å². The number of aryl methyl sites for hydroxylation is 2. The molecule has 1 amide bonds. The Hall–Kier alpha value is -1.35. The summed E-state index contributed by atoms with van der Waals surface area (Å²) < 4.78 is 0. The highest BCUT2D eigenvalue weighted by Crippen LogP contribution is 2.18. The molecule has 0 aromatic heterocycles. The first-order valence-corrected chi connectivity index (χ1v) is 6.25. The third-order valence-corrected chi connectivity index (χ3v) is 3.03. The highest BCUT2D eigenvalue weighted by atomic mass is 16.1. The number of anilines is 1. The minimum atomic E-state index is 0.0897. The van der Waals surface area contributed by atoms with Crippen LogP contribution < -0.4 is 10.6 Å². The zero-order chi connectivity index (χ0) is 12.3. The average molecular weight is 232 g/mol. The van der Waals surface area contributed by atoms with Gasteiger partial charge in [-0.05, 0) is 43.9 Å². The molecule has 0 spiro atoms. The molecular formula is C14H20N2O.